The molecule has 1 saturated heterocycles. The molecule has 0 aromatic rings. The molecule has 5 atom stereocenters. The van der Waals surface area contributed by atoms with Crippen LogP contribution in [-0.2, 0) is 14.3 Å². The normalized spacial score (nSPS) is 32.4. The van der Waals surface area contributed by atoms with Crippen LogP contribution in [0.15, 0.2) is 0 Å². The number of carbonyl (C=O) groups excluding carboxylic acids is 3. The van der Waals surface area contributed by atoms with Gasteiger partial charge in [0.05, 0.1) is 12.0 Å². The molecule has 1 aliphatic carbocycles. The summed E-state index contributed by atoms with van der Waals surface area (Å²) in [5, 5.41) is 9.85. The average molecular weight is 340 g/mol. The zero-order chi connectivity index (χ0) is 18.4. The van der Waals surface area contributed by atoms with Crippen LogP contribution in [0.25, 0.3) is 0 Å². The standard InChI is InChI=1S/C17H28N2O5/c1-9-11(12(10(2)20)14(18)22)13(21)17(9)7-6-8-19(17)15(23)24-16(3,4)5/h9-12,20H,6-8H2,1-5H3,(H2,18,22)/t9?,10-,11?,12-,17?/m1/s1. The zero-order valence-electron chi connectivity index (χ0n) is 15.0. The molecule has 0 aromatic heterocycles. The Balaban J connectivity index is 2.26. The molecular formula is C17H28N2O5. The largest absolute Gasteiger partial charge is 0.444 e. The monoisotopic (exact) mass is 340 g/mol. The van der Waals surface area contributed by atoms with Crippen LogP contribution in [0.2, 0.25) is 0 Å². The molecule has 1 saturated carbocycles. The number of rotatable bonds is 3. The van der Waals surface area contributed by atoms with Crippen molar-refractivity contribution in [2.45, 2.75) is 64.7 Å². The van der Waals surface area contributed by atoms with E-state index in [0.29, 0.717) is 19.4 Å². The Kier molecular flexibility index (Phi) is 4.69. The number of primary amides is 1. The minimum absolute atomic E-state index is 0.192. The summed E-state index contributed by atoms with van der Waals surface area (Å²) in [6.07, 6.45) is -0.259. The van der Waals surface area contributed by atoms with E-state index < -0.39 is 41.1 Å². The molecule has 136 valence electrons. The van der Waals surface area contributed by atoms with Gasteiger partial charge in [-0.1, -0.05) is 6.92 Å². The van der Waals surface area contributed by atoms with Crippen LogP contribution in [0.1, 0.15) is 47.5 Å². The molecule has 1 heterocycles. The number of amides is 2. The SMILES string of the molecule is CC1C([C@H](C(N)=O)[C@@H](C)O)C(=O)C12CCCN2C(=O)OC(C)(C)C. The topological polar surface area (TPSA) is 110 Å². The van der Waals surface area contributed by atoms with Gasteiger partial charge in [-0.15, -0.1) is 0 Å². The highest BCUT2D eigenvalue weighted by Crippen LogP contribution is 2.54. The third-order valence-electron chi connectivity index (χ3n) is 5.29. The van der Waals surface area contributed by atoms with Gasteiger partial charge in [0.2, 0.25) is 5.91 Å². The van der Waals surface area contributed by atoms with Crippen LogP contribution in [0.3, 0.4) is 0 Å². The van der Waals surface area contributed by atoms with Crippen molar-refractivity contribution in [1.82, 2.24) is 4.90 Å². The molecule has 2 fully saturated rings. The van der Waals surface area contributed by atoms with Crippen LogP contribution < -0.4 is 5.73 Å². The number of ether oxygens (including phenoxy) is 1. The van der Waals surface area contributed by atoms with Crippen molar-refractivity contribution in [1.29, 1.82) is 0 Å². The lowest BCUT2D eigenvalue weighted by atomic mass is 9.53. The maximum atomic E-state index is 13.0. The molecule has 7 nitrogen and oxygen atoms in total. The first-order valence-electron chi connectivity index (χ1n) is 8.46. The average Bonchev–Trinajstić information content (AvgIpc) is 2.88. The number of Topliss-reactive ketones (excluding diaryl/α,β-unsaturated/α-hetero) is 1. The van der Waals surface area contributed by atoms with Gasteiger partial charge in [-0.2, -0.15) is 0 Å². The van der Waals surface area contributed by atoms with E-state index in [2.05, 4.69) is 0 Å². The summed E-state index contributed by atoms with van der Waals surface area (Å²) >= 11 is 0. The Bertz CT molecular complexity index is 554. The molecule has 1 aliphatic heterocycles. The van der Waals surface area contributed by atoms with Gasteiger partial charge >= 0.3 is 6.09 Å². The summed E-state index contributed by atoms with van der Waals surface area (Å²) in [6.45, 7) is 9.08. The fraction of sp³-hybridized carbons (Fsp3) is 0.824. The highest BCUT2D eigenvalue weighted by atomic mass is 16.6. The van der Waals surface area contributed by atoms with E-state index in [4.69, 9.17) is 10.5 Å². The molecule has 0 bridgehead atoms. The van der Waals surface area contributed by atoms with Crippen LogP contribution in [0.5, 0.6) is 0 Å². The third-order valence-corrected chi connectivity index (χ3v) is 5.29. The molecule has 2 rings (SSSR count). The molecule has 0 radical (unpaired) electrons. The number of aliphatic hydroxyl groups excluding tert-OH is 1. The predicted octanol–water partition coefficient (Wildman–Crippen LogP) is 1.07. The number of hydrogen-bond acceptors (Lipinski definition) is 5. The van der Waals surface area contributed by atoms with Crippen LogP contribution in [0, 0.1) is 17.8 Å². The van der Waals surface area contributed by atoms with E-state index in [1.807, 2.05) is 6.92 Å². The Morgan fingerprint density at radius 1 is 1.42 bits per heavy atom. The van der Waals surface area contributed by atoms with Gasteiger partial charge in [0.15, 0.2) is 5.78 Å². The van der Waals surface area contributed by atoms with Crippen molar-refractivity contribution >= 4 is 17.8 Å². The summed E-state index contributed by atoms with van der Waals surface area (Å²) in [5.41, 5.74) is 3.80. The minimum Gasteiger partial charge on any atom is -0.444 e. The van der Waals surface area contributed by atoms with Gasteiger partial charge in [0.25, 0.3) is 0 Å². The molecular weight excluding hydrogens is 312 g/mol. The fourth-order valence-corrected chi connectivity index (χ4v) is 4.27. The van der Waals surface area contributed by atoms with Gasteiger partial charge in [0.1, 0.15) is 11.1 Å². The van der Waals surface area contributed by atoms with E-state index in [1.54, 1.807) is 20.8 Å². The fourth-order valence-electron chi connectivity index (χ4n) is 4.27. The maximum absolute atomic E-state index is 13.0. The van der Waals surface area contributed by atoms with Gasteiger partial charge in [-0.3, -0.25) is 14.5 Å². The van der Waals surface area contributed by atoms with Crippen LogP contribution in [-0.4, -0.2) is 51.6 Å². The number of hydrogen-bond donors (Lipinski definition) is 2. The number of likely N-dealkylation sites (tertiary alicyclic amines) is 1. The number of nitrogens with zero attached hydrogens (tertiary/aromatic N) is 1. The van der Waals surface area contributed by atoms with Gasteiger partial charge < -0.3 is 15.6 Å². The Labute approximate surface area is 142 Å². The second-order valence-electron chi connectivity index (χ2n) is 8.01. The number of ketones is 1. The van der Waals surface area contributed by atoms with Crippen molar-refractivity contribution in [2.75, 3.05) is 6.54 Å². The van der Waals surface area contributed by atoms with E-state index in [1.165, 1.54) is 11.8 Å². The third kappa shape index (κ3) is 2.79. The Morgan fingerprint density at radius 3 is 2.42 bits per heavy atom. The maximum Gasteiger partial charge on any atom is 0.411 e. The quantitative estimate of drug-likeness (QED) is 0.798. The lowest BCUT2D eigenvalue weighted by molar-refractivity contribution is -0.167. The lowest BCUT2D eigenvalue weighted by Gasteiger charge is -2.56. The van der Waals surface area contributed by atoms with Crippen molar-refractivity contribution in [3.05, 3.63) is 0 Å². The van der Waals surface area contributed by atoms with Gasteiger partial charge in [-0.25, -0.2) is 4.79 Å². The second-order valence-corrected chi connectivity index (χ2v) is 8.01. The molecule has 24 heavy (non-hydrogen) atoms. The first kappa shape index (κ1) is 18.7. The summed E-state index contributed by atoms with van der Waals surface area (Å²) in [5.74, 6) is -2.73. The zero-order valence-corrected chi connectivity index (χ0v) is 15.0. The van der Waals surface area contributed by atoms with E-state index in [9.17, 15) is 19.5 Å². The Hall–Kier alpha value is -1.63. The molecule has 0 aromatic carbocycles. The first-order chi connectivity index (χ1) is 10.9. The van der Waals surface area contributed by atoms with Gasteiger partial charge in [0, 0.05) is 12.5 Å². The summed E-state index contributed by atoms with van der Waals surface area (Å²) in [7, 11) is 0. The lowest BCUT2D eigenvalue weighted by Crippen LogP contribution is -2.72. The molecule has 7 heteroatoms. The van der Waals surface area contributed by atoms with Crippen LogP contribution >= 0.6 is 0 Å². The highest BCUT2D eigenvalue weighted by molar-refractivity contribution is 6.03. The minimum atomic E-state index is -1.01. The Morgan fingerprint density at radius 2 is 2.00 bits per heavy atom. The number of nitrogens with two attached hydrogens (primary N) is 1. The van der Waals surface area contributed by atoms with E-state index in [-0.39, 0.29) is 11.7 Å². The number of carbonyl (C=O) groups is 3. The predicted molar refractivity (Wildman–Crippen MR) is 86.9 cm³/mol. The van der Waals surface area contributed by atoms with E-state index in [0.717, 1.165) is 0 Å². The number of aliphatic hydroxyl groups is 1. The summed E-state index contributed by atoms with van der Waals surface area (Å²) < 4.78 is 5.43. The molecule has 2 aliphatic rings. The van der Waals surface area contributed by atoms with Crippen molar-refractivity contribution in [3.8, 4) is 0 Å². The van der Waals surface area contributed by atoms with Crippen molar-refractivity contribution in [2.24, 2.45) is 23.5 Å². The summed E-state index contributed by atoms with van der Waals surface area (Å²) in [6, 6.07) is 0. The van der Waals surface area contributed by atoms with Gasteiger partial charge in [-0.05, 0) is 46.5 Å². The van der Waals surface area contributed by atoms with Crippen molar-refractivity contribution in [3.63, 3.8) is 0 Å². The smallest absolute Gasteiger partial charge is 0.411 e. The van der Waals surface area contributed by atoms with Crippen molar-refractivity contribution < 1.29 is 24.2 Å². The first-order valence-corrected chi connectivity index (χ1v) is 8.46. The van der Waals surface area contributed by atoms with E-state index >= 15 is 0 Å². The summed E-state index contributed by atoms with van der Waals surface area (Å²) in [4.78, 5) is 38.7. The molecule has 3 N–H and O–H groups in total. The highest BCUT2D eigenvalue weighted by Gasteiger charge is 2.68. The second kappa shape index (κ2) is 6.02. The molecule has 3 unspecified atom stereocenters. The molecule has 2 amide bonds. The molecule has 1 spiro atoms. The van der Waals surface area contributed by atoms with Crippen LogP contribution in [0.4, 0.5) is 4.79 Å².